The van der Waals surface area contributed by atoms with E-state index in [9.17, 15) is 14.9 Å². The van der Waals surface area contributed by atoms with Crippen LogP contribution in [0.2, 0.25) is 5.02 Å². The van der Waals surface area contributed by atoms with Gasteiger partial charge in [0.25, 0.3) is 0 Å². The largest absolute Gasteiger partial charge is 0.478 e. The van der Waals surface area contributed by atoms with E-state index >= 15 is 0 Å². The maximum Gasteiger partial charge on any atom is 0.358 e. The number of benzene rings is 1. The van der Waals surface area contributed by atoms with Gasteiger partial charge < -0.3 is 14.4 Å². The summed E-state index contributed by atoms with van der Waals surface area (Å²) in [6.07, 6.45) is 0. The van der Waals surface area contributed by atoms with Gasteiger partial charge in [-0.3, -0.25) is 10.1 Å². The molecular formula is C11H6BrClN2O6. The van der Waals surface area contributed by atoms with Crippen molar-refractivity contribution in [2.75, 3.05) is 0 Å². The lowest BCUT2D eigenvalue weighted by molar-refractivity contribution is -0.386. The van der Waals surface area contributed by atoms with Crippen LogP contribution in [-0.4, -0.2) is 21.2 Å². The number of aromatic carboxylic acids is 1. The van der Waals surface area contributed by atoms with Gasteiger partial charge in [0.1, 0.15) is 6.61 Å². The van der Waals surface area contributed by atoms with Gasteiger partial charge in [-0.15, -0.1) is 0 Å². The van der Waals surface area contributed by atoms with Crippen LogP contribution in [0.15, 0.2) is 27.2 Å². The molecule has 0 aliphatic rings. The molecule has 21 heavy (non-hydrogen) atoms. The third-order valence-electron chi connectivity index (χ3n) is 2.32. The minimum Gasteiger partial charge on any atom is -0.478 e. The molecule has 1 N–H and O–H groups in total. The van der Waals surface area contributed by atoms with Gasteiger partial charge in [-0.05, 0) is 22.0 Å². The molecular weight excluding hydrogens is 371 g/mol. The van der Waals surface area contributed by atoms with E-state index < -0.39 is 10.9 Å². The Balaban J connectivity index is 2.23. The molecule has 2 aromatic rings. The van der Waals surface area contributed by atoms with E-state index in [-0.39, 0.29) is 34.5 Å². The average Bonchev–Trinajstić information content (AvgIpc) is 2.85. The number of aromatic nitrogens is 1. The molecule has 0 aliphatic carbocycles. The molecule has 1 heterocycles. The van der Waals surface area contributed by atoms with Crippen molar-refractivity contribution in [3.05, 3.63) is 49.3 Å². The first kappa shape index (κ1) is 15.3. The molecule has 1 aromatic carbocycles. The van der Waals surface area contributed by atoms with Crippen molar-refractivity contribution in [3.8, 4) is 5.75 Å². The highest BCUT2D eigenvalue weighted by molar-refractivity contribution is 9.10. The summed E-state index contributed by atoms with van der Waals surface area (Å²) in [7, 11) is 0. The SMILES string of the molecule is O=C(O)c1cc(COc2c(Br)cc(Cl)cc2[N+](=O)[O-])on1. The molecule has 0 bridgehead atoms. The molecule has 0 spiro atoms. The minimum atomic E-state index is -1.25. The monoisotopic (exact) mass is 376 g/mol. The van der Waals surface area contributed by atoms with E-state index in [0.29, 0.717) is 4.47 Å². The number of carbonyl (C=O) groups is 1. The van der Waals surface area contributed by atoms with Gasteiger partial charge in [0.15, 0.2) is 11.5 Å². The van der Waals surface area contributed by atoms with Gasteiger partial charge in [0, 0.05) is 17.2 Å². The standard InChI is InChI=1S/C11H6BrClN2O6/c12-7-1-5(13)2-9(15(18)19)10(7)20-4-6-3-8(11(16)17)14-21-6/h1-3H,4H2,(H,16,17). The summed E-state index contributed by atoms with van der Waals surface area (Å²) in [6.45, 7) is -0.221. The average molecular weight is 378 g/mol. The molecule has 0 aliphatic heterocycles. The normalized spacial score (nSPS) is 10.4. The summed E-state index contributed by atoms with van der Waals surface area (Å²) in [5.41, 5.74) is -0.606. The molecule has 0 unspecified atom stereocenters. The number of carboxylic acid groups (broad SMARTS) is 1. The molecule has 0 saturated heterocycles. The number of nitrogens with zero attached hydrogens (tertiary/aromatic N) is 2. The highest BCUT2D eigenvalue weighted by Gasteiger charge is 2.21. The second-order valence-corrected chi connectivity index (χ2v) is 5.06. The maximum atomic E-state index is 11.0. The lowest BCUT2D eigenvalue weighted by Crippen LogP contribution is -1.99. The van der Waals surface area contributed by atoms with Crippen LogP contribution in [0.3, 0.4) is 0 Å². The van der Waals surface area contributed by atoms with Crippen LogP contribution >= 0.6 is 27.5 Å². The van der Waals surface area contributed by atoms with E-state index in [1.165, 1.54) is 6.07 Å². The Kier molecular flexibility index (Phi) is 4.43. The van der Waals surface area contributed by atoms with Crippen LogP contribution < -0.4 is 4.74 Å². The fraction of sp³-hybridized carbons (Fsp3) is 0.0909. The van der Waals surface area contributed by atoms with Crippen molar-refractivity contribution < 1.29 is 24.1 Å². The van der Waals surface area contributed by atoms with Crippen molar-refractivity contribution in [3.63, 3.8) is 0 Å². The van der Waals surface area contributed by atoms with Crippen molar-refractivity contribution in [1.82, 2.24) is 5.16 Å². The number of hydrogen-bond acceptors (Lipinski definition) is 6. The van der Waals surface area contributed by atoms with Crippen molar-refractivity contribution in [1.29, 1.82) is 0 Å². The fourth-order valence-electron chi connectivity index (χ4n) is 1.45. The first-order valence-electron chi connectivity index (χ1n) is 5.33. The zero-order valence-corrected chi connectivity index (χ0v) is 12.4. The lowest BCUT2D eigenvalue weighted by Gasteiger charge is -2.07. The molecule has 0 fully saturated rings. The van der Waals surface area contributed by atoms with Crippen molar-refractivity contribution >= 4 is 39.2 Å². The number of nitro groups is 1. The van der Waals surface area contributed by atoms with E-state index in [0.717, 1.165) is 12.1 Å². The number of halogens is 2. The second kappa shape index (κ2) is 6.10. The zero-order chi connectivity index (χ0) is 15.6. The lowest BCUT2D eigenvalue weighted by atomic mass is 10.3. The van der Waals surface area contributed by atoms with Crippen LogP contribution in [0, 0.1) is 10.1 Å². The smallest absolute Gasteiger partial charge is 0.358 e. The third-order valence-corrected chi connectivity index (χ3v) is 3.13. The Bertz CT molecular complexity index is 717. The van der Waals surface area contributed by atoms with Crippen LogP contribution in [0.25, 0.3) is 0 Å². The Labute approximate surface area is 130 Å². The first-order chi connectivity index (χ1) is 9.88. The first-order valence-corrected chi connectivity index (χ1v) is 6.50. The Hall–Kier alpha value is -2.13. The summed E-state index contributed by atoms with van der Waals surface area (Å²) in [4.78, 5) is 21.0. The summed E-state index contributed by atoms with van der Waals surface area (Å²) < 4.78 is 10.3. The molecule has 0 amide bonds. The topological polar surface area (TPSA) is 116 Å². The number of carboxylic acids is 1. The number of hydrogen-bond donors (Lipinski definition) is 1. The van der Waals surface area contributed by atoms with E-state index in [1.54, 1.807) is 0 Å². The molecule has 110 valence electrons. The predicted octanol–water partition coefficient (Wildman–Crippen LogP) is 3.28. The van der Waals surface area contributed by atoms with Gasteiger partial charge in [0.05, 0.1) is 9.40 Å². The summed E-state index contributed by atoms with van der Waals surface area (Å²) >= 11 is 8.85. The fourth-order valence-corrected chi connectivity index (χ4v) is 2.36. The molecule has 1 aromatic heterocycles. The van der Waals surface area contributed by atoms with Crippen LogP contribution in [0.1, 0.15) is 16.2 Å². The summed E-state index contributed by atoms with van der Waals surface area (Å²) in [6, 6.07) is 3.75. The van der Waals surface area contributed by atoms with Gasteiger partial charge >= 0.3 is 11.7 Å². The zero-order valence-electron chi connectivity index (χ0n) is 10.1. The molecule has 0 radical (unpaired) electrons. The minimum absolute atomic E-state index is 0.0438. The summed E-state index contributed by atoms with van der Waals surface area (Å²) in [5.74, 6) is -1.18. The van der Waals surface area contributed by atoms with Crippen molar-refractivity contribution in [2.24, 2.45) is 0 Å². The predicted molar refractivity (Wildman–Crippen MR) is 73.6 cm³/mol. The Morgan fingerprint density at radius 1 is 1.52 bits per heavy atom. The van der Waals surface area contributed by atoms with Crippen LogP contribution in [0.5, 0.6) is 5.75 Å². The maximum absolute atomic E-state index is 11.0. The Morgan fingerprint density at radius 2 is 2.24 bits per heavy atom. The third kappa shape index (κ3) is 3.50. The number of rotatable bonds is 5. The van der Waals surface area contributed by atoms with Gasteiger partial charge in [0.2, 0.25) is 5.75 Å². The molecule has 0 atom stereocenters. The highest BCUT2D eigenvalue weighted by atomic mass is 79.9. The molecule has 2 rings (SSSR count). The van der Waals surface area contributed by atoms with Crippen molar-refractivity contribution in [2.45, 2.75) is 6.61 Å². The second-order valence-electron chi connectivity index (χ2n) is 3.77. The van der Waals surface area contributed by atoms with Gasteiger partial charge in [-0.2, -0.15) is 0 Å². The molecule has 8 nitrogen and oxygen atoms in total. The number of nitro benzene ring substituents is 1. The molecule has 10 heteroatoms. The van der Waals surface area contributed by atoms with Gasteiger partial charge in [-0.25, -0.2) is 4.79 Å². The van der Waals surface area contributed by atoms with E-state index in [1.807, 2.05) is 0 Å². The summed E-state index contributed by atoms with van der Waals surface area (Å²) in [5, 5.41) is 23.1. The quantitative estimate of drug-likeness (QED) is 0.628. The van der Waals surface area contributed by atoms with Crippen LogP contribution in [0.4, 0.5) is 5.69 Å². The highest BCUT2D eigenvalue weighted by Crippen LogP contribution is 2.38. The van der Waals surface area contributed by atoms with E-state index in [4.69, 9.17) is 26.0 Å². The number of ether oxygens (including phenoxy) is 1. The van der Waals surface area contributed by atoms with E-state index in [2.05, 4.69) is 21.1 Å². The van der Waals surface area contributed by atoms with Crippen LogP contribution in [-0.2, 0) is 6.61 Å². The Morgan fingerprint density at radius 3 is 2.81 bits per heavy atom. The molecule has 0 saturated carbocycles. The van der Waals surface area contributed by atoms with Gasteiger partial charge in [-0.1, -0.05) is 16.8 Å².